The van der Waals surface area contributed by atoms with Crippen LogP contribution in [-0.2, 0) is 0 Å². The van der Waals surface area contributed by atoms with E-state index in [2.05, 4.69) is 45.3 Å². The van der Waals surface area contributed by atoms with Gasteiger partial charge in [0.1, 0.15) is 0 Å². The number of aromatic amines is 1. The smallest absolute Gasteiger partial charge is 0.203 e. The quantitative estimate of drug-likeness (QED) is 0.783. The first-order chi connectivity index (χ1) is 8.33. The number of H-pyrrole nitrogens is 1. The zero-order valence-corrected chi connectivity index (χ0v) is 10.2. The second-order valence-corrected chi connectivity index (χ2v) is 4.67. The molecular formula is C13H18N4. The molecule has 0 amide bonds. The van der Waals surface area contributed by atoms with Crippen LogP contribution in [0, 0.1) is 6.92 Å². The minimum Gasteiger partial charge on any atom is -0.341 e. The molecule has 0 bridgehead atoms. The number of imidazole rings is 1. The molecule has 2 aromatic rings. The van der Waals surface area contributed by atoms with Crippen molar-refractivity contribution in [3.8, 4) is 0 Å². The first kappa shape index (κ1) is 10.6. The van der Waals surface area contributed by atoms with Crippen LogP contribution in [0.15, 0.2) is 18.2 Å². The lowest BCUT2D eigenvalue weighted by atomic mass is 10.2. The molecular weight excluding hydrogens is 212 g/mol. The van der Waals surface area contributed by atoms with Gasteiger partial charge in [-0.2, -0.15) is 0 Å². The second kappa shape index (κ2) is 4.37. The molecule has 3 rings (SSSR count). The number of fused-ring (bicyclic) bond motifs is 1. The third-order valence-electron chi connectivity index (χ3n) is 3.26. The Bertz CT molecular complexity index is 509. The van der Waals surface area contributed by atoms with Crippen molar-refractivity contribution in [2.45, 2.75) is 13.3 Å². The summed E-state index contributed by atoms with van der Waals surface area (Å²) in [6, 6.07) is 6.35. The van der Waals surface area contributed by atoms with Gasteiger partial charge in [-0.15, -0.1) is 0 Å². The number of hydrogen-bond acceptors (Lipinski definition) is 3. The summed E-state index contributed by atoms with van der Waals surface area (Å²) in [5, 5.41) is 3.41. The molecule has 2 N–H and O–H groups in total. The maximum atomic E-state index is 4.66. The largest absolute Gasteiger partial charge is 0.341 e. The van der Waals surface area contributed by atoms with Gasteiger partial charge >= 0.3 is 0 Å². The van der Waals surface area contributed by atoms with Gasteiger partial charge in [0, 0.05) is 19.6 Å². The lowest BCUT2D eigenvalue weighted by molar-refractivity contribution is 0.724. The molecule has 1 aromatic heterocycles. The Morgan fingerprint density at radius 3 is 3.12 bits per heavy atom. The molecule has 0 atom stereocenters. The van der Waals surface area contributed by atoms with Gasteiger partial charge < -0.3 is 15.2 Å². The van der Waals surface area contributed by atoms with Crippen LogP contribution in [0.25, 0.3) is 11.0 Å². The Balaban J connectivity index is 1.93. The molecule has 4 heteroatoms. The number of nitrogens with zero attached hydrogens (tertiary/aromatic N) is 2. The van der Waals surface area contributed by atoms with Crippen LogP contribution < -0.4 is 10.2 Å². The predicted molar refractivity (Wildman–Crippen MR) is 70.5 cm³/mol. The van der Waals surface area contributed by atoms with Crippen molar-refractivity contribution >= 4 is 17.0 Å². The number of rotatable bonds is 1. The summed E-state index contributed by atoms with van der Waals surface area (Å²) in [5.74, 6) is 1.01. The monoisotopic (exact) mass is 230 g/mol. The summed E-state index contributed by atoms with van der Waals surface area (Å²) in [7, 11) is 0. The third kappa shape index (κ3) is 2.13. The molecule has 0 spiro atoms. The average Bonchev–Trinajstić information content (AvgIpc) is 2.57. The SMILES string of the molecule is Cc1ccc2nc(N3CCCNCC3)[nH]c2c1. The van der Waals surface area contributed by atoms with E-state index in [1.807, 2.05) is 0 Å². The van der Waals surface area contributed by atoms with Crippen LogP contribution in [0.3, 0.4) is 0 Å². The molecule has 1 aliphatic rings. The van der Waals surface area contributed by atoms with Crippen LogP contribution >= 0.6 is 0 Å². The zero-order valence-electron chi connectivity index (χ0n) is 10.2. The number of hydrogen-bond donors (Lipinski definition) is 2. The second-order valence-electron chi connectivity index (χ2n) is 4.67. The van der Waals surface area contributed by atoms with Crippen LogP contribution in [0.5, 0.6) is 0 Å². The van der Waals surface area contributed by atoms with Gasteiger partial charge in [-0.1, -0.05) is 6.07 Å². The molecule has 90 valence electrons. The maximum Gasteiger partial charge on any atom is 0.203 e. The van der Waals surface area contributed by atoms with Crippen molar-refractivity contribution in [1.82, 2.24) is 15.3 Å². The molecule has 2 heterocycles. The molecule has 0 aliphatic carbocycles. The molecule has 1 saturated heterocycles. The van der Waals surface area contributed by atoms with E-state index in [0.717, 1.165) is 43.2 Å². The van der Waals surface area contributed by atoms with Crippen molar-refractivity contribution in [3.05, 3.63) is 23.8 Å². The molecule has 0 saturated carbocycles. The van der Waals surface area contributed by atoms with Gasteiger partial charge in [-0.05, 0) is 37.6 Å². The van der Waals surface area contributed by atoms with E-state index in [9.17, 15) is 0 Å². The fourth-order valence-corrected chi connectivity index (χ4v) is 2.32. The first-order valence-electron chi connectivity index (χ1n) is 6.25. The summed E-state index contributed by atoms with van der Waals surface area (Å²) >= 11 is 0. The van der Waals surface area contributed by atoms with Crippen LogP contribution in [-0.4, -0.2) is 36.1 Å². The van der Waals surface area contributed by atoms with Crippen LogP contribution in [0.4, 0.5) is 5.95 Å². The molecule has 4 nitrogen and oxygen atoms in total. The minimum atomic E-state index is 1.01. The first-order valence-corrected chi connectivity index (χ1v) is 6.25. The third-order valence-corrected chi connectivity index (χ3v) is 3.26. The summed E-state index contributed by atoms with van der Waals surface area (Å²) in [6.07, 6.45) is 1.18. The topological polar surface area (TPSA) is 44.0 Å². The summed E-state index contributed by atoms with van der Waals surface area (Å²) < 4.78 is 0. The average molecular weight is 230 g/mol. The number of benzene rings is 1. The molecule has 1 fully saturated rings. The molecule has 0 unspecified atom stereocenters. The van der Waals surface area contributed by atoms with Gasteiger partial charge in [0.2, 0.25) is 5.95 Å². The lowest BCUT2D eigenvalue weighted by Gasteiger charge is -2.18. The fourth-order valence-electron chi connectivity index (χ4n) is 2.32. The summed E-state index contributed by atoms with van der Waals surface area (Å²) in [4.78, 5) is 10.4. The Hall–Kier alpha value is -1.55. The molecule has 17 heavy (non-hydrogen) atoms. The minimum absolute atomic E-state index is 1.01. The number of aryl methyl sites for hydroxylation is 1. The van der Waals surface area contributed by atoms with Gasteiger partial charge in [-0.3, -0.25) is 0 Å². The summed E-state index contributed by atoms with van der Waals surface area (Å²) in [5.41, 5.74) is 3.46. The predicted octanol–water partition coefficient (Wildman–Crippen LogP) is 1.67. The fraction of sp³-hybridized carbons (Fsp3) is 0.462. The maximum absolute atomic E-state index is 4.66. The zero-order chi connectivity index (χ0) is 11.7. The van der Waals surface area contributed by atoms with Crippen LogP contribution in [0.1, 0.15) is 12.0 Å². The molecule has 0 radical (unpaired) electrons. The van der Waals surface area contributed by atoms with Crippen molar-refractivity contribution in [1.29, 1.82) is 0 Å². The van der Waals surface area contributed by atoms with E-state index in [-0.39, 0.29) is 0 Å². The van der Waals surface area contributed by atoms with Gasteiger partial charge in [0.15, 0.2) is 0 Å². The van der Waals surface area contributed by atoms with E-state index >= 15 is 0 Å². The van der Waals surface area contributed by atoms with Gasteiger partial charge in [0.05, 0.1) is 11.0 Å². The highest BCUT2D eigenvalue weighted by atomic mass is 15.3. The van der Waals surface area contributed by atoms with Gasteiger partial charge in [0.25, 0.3) is 0 Å². The van der Waals surface area contributed by atoms with Gasteiger partial charge in [-0.25, -0.2) is 4.98 Å². The van der Waals surface area contributed by atoms with E-state index in [4.69, 9.17) is 0 Å². The number of aromatic nitrogens is 2. The highest BCUT2D eigenvalue weighted by Gasteiger charge is 2.13. The van der Waals surface area contributed by atoms with E-state index in [0.29, 0.717) is 0 Å². The van der Waals surface area contributed by atoms with E-state index in [1.165, 1.54) is 12.0 Å². The Kier molecular flexibility index (Phi) is 2.73. The Labute approximate surface area is 101 Å². The standard InChI is InChI=1S/C13H18N4/c1-10-3-4-11-12(9-10)16-13(15-11)17-7-2-5-14-6-8-17/h3-4,9,14H,2,5-8H2,1H3,(H,15,16). The lowest BCUT2D eigenvalue weighted by Crippen LogP contribution is -2.28. The molecule has 1 aromatic carbocycles. The van der Waals surface area contributed by atoms with Crippen molar-refractivity contribution in [2.75, 3.05) is 31.1 Å². The normalized spacial score (nSPS) is 17.4. The number of anilines is 1. The van der Waals surface area contributed by atoms with Crippen molar-refractivity contribution in [2.24, 2.45) is 0 Å². The number of nitrogens with one attached hydrogen (secondary N) is 2. The Morgan fingerprint density at radius 2 is 2.18 bits per heavy atom. The van der Waals surface area contributed by atoms with Crippen molar-refractivity contribution in [3.63, 3.8) is 0 Å². The Morgan fingerprint density at radius 1 is 1.24 bits per heavy atom. The molecule has 1 aliphatic heterocycles. The summed E-state index contributed by atoms with van der Waals surface area (Å²) in [6.45, 7) is 6.35. The van der Waals surface area contributed by atoms with Crippen LogP contribution in [0.2, 0.25) is 0 Å². The highest BCUT2D eigenvalue weighted by molar-refractivity contribution is 5.78. The van der Waals surface area contributed by atoms with E-state index < -0.39 is 0 Å². The highest BCUT2D eigenvalue weighted by Crippen LogP contribution is 2.18. The van der Waals surface area contributed by atoms with Crippen molar-refractivity contribution < 1.29 is 0 Å². The van der Waals surface area contributed by atoms with E-state index in [1.54, 1.807) is 0 Å².